The first kappa shape index (κ1) is 16.4. The number of nitrogens with one attached hydrogen (secondary N) is 2. The number of amides is 1. The second-order valence-electron chi connectivity index (χ2n) is 5.79. The fourth-order valence-electron chi connectivity index (χ4n) is 3.14. The quantitative estimate of drug-likeness (QED) is 0.872. The van der Waals surface area contributed by atoms with Gasteiger partial charge >= 0.3 is 0 Å². The van der Waals surface area contributed by atoms with E-state index in [1.54, 1.807) is 4.68 Å². The van der Waals surface area contributed by atoms with Crippen LogP contribution in [0.2, 0.25) is 0 Å². The zero-order valence-corrected chi connectivity index (χ0v) is 14.5. The molecule has 122 valence electrons. The predicted molar refractivity (Wildman–Crippen MR) is 94.9 cm³/mol. The van der Waals surface area contributed by atoms with E-state index in [0.717, 1.165) is 36.0 Å². The number of rotatable bonds is 2. The molecule has 0 aliphatic carbocycles. The summed E-state index contributed by atoms with van der Waals surface area (Å²) in [7, 11) is 1.89. The van der Waals surface area contributed by atoms with Gasteiger partial charge in [-0.3, -0.25) is 9.48 Å². The minimum Gasteiger partial charge on any atom is -0.309 e. The van der Waals surface area contributed by atoms with Gasteiger partial charge < -0.3 is 10.6 Å². The van der Waals surface area contributed by atoms with Crippen molar-refractivity contribution in [3.8, 4) is 0 Å². The van der Waals surface area contributed by atoms with Crippen LogP contribution in [0, 0.1) is 0 Å². The molecule has 23 heavy (non-hydrogen) atoms. The molecule has 3 heterocycles. The highest BCUT2D eigenvalue weighted by Crippen LogP contribution is 2.34. The Labute approximate surface area is 145 Å². The van der Waals surface area contributed by atoms with Gasteiger partial charge in [-0.05, 0) is 17.5 Å². The summed E-state index contributed by atoms with van der Waals surface area (Å²) in [6, 6.07) is 8.10. The number of carbonyl (C=O) groups is 1. The van der Waals surface area contributed by atoms with E-state index >= 15 is 0 Å². The number of thioether (sulfide) groups is 1. The number of nitrogens with zero attached hydrogens (tertiary/aromatic N) is 2. The summed E-state index contributed by atoms with van der Waals surface area (Å²) >= 11 is 1.84. The summed E-state index contributed by atoms with van der Waals surface area (Å²) < 4.78 is 1.79. The van der Waals surface area contributed by atoms with Crippen LogP contribution in [0.25, 0.3) is 0 Å². The molecule has 2 aliphatic rings. The number of fused-ring (bicyclic) bond motifs is 2. The summed E-state index contributed by atoms with van der Waals surface area (Å²) in [4.78, 5) is 12.6. The van der Waals surface area contributed by atoms with Crippen molar-refractivity contribution in [2.75, 3.05) is 5.32 Å². The fraction of sp³-hybridized carbons (Fsp3) is 0.375. The molecule has 0 saturated heterocycles. The van der Waals surface area contributed by atoms with Crippen molar-refractivity contribution in [2.45, 2.75) is 30.5 Å². The Hall–Kier alpha value is -1.50. The van der Waals surface area contributed by atoms with Crippen LogP contribution in [-0.4, -0.2) is 21.7 Å². The van der Waals surface area contributed by atoms with E-state index in [2.05, 4.69) is 27.9 Å². The minimum atomic E-state index is -0.186. The number of aryl methyl sites for hydroxylation is 1. The molecule has 2 aliphatic heterocycles. The van der Waals surface area contributed by atoms with E-state index in [1.807, 2.05) is 30.9 Å². The van der Waals surface area contributed by atoms with Gasteiger partial charge in [-0.2, -0.15) is 16.9 Å². The van der Waals surface area contributed by atoms with Crippen LogP contribution in [0.15, 0.2) is 24.3 Å². The van der Waals surface area contributed by atoms with Gasteiger partial charge in [-0.1, -0.05) is 24.3 Å². The first-order chi connectivity index (χ1) is 10.7. The Bertz CT molecular complexity index is 746. The summed E-state index contributed by atoms with van der Waals surface area (Å²) in [5, 5.41) is 10.9. The highest BCUT2D eigenvalue weighted by molar-refractivity contribution is 7.98. The molecule has 0 spiro atoms. The molecule has 7 heteroatoms. The van der Waals surface area contributed by atoms with Crippen LogP contribution >= 0.6 is 24.2 Å². The van der Waals surface area contributed by atoms with E-state index in [9.17, 15) is 4.79 Å². The molecule has 2 aromatic rings. The fourth-order valence-corrected chi connectivity index (χ4v) is 4.18. The molecule has 0 saturated carbocycles. The van der Waals surface area contributed by atoms with E-state index in [4.69, 9.17) is 0 Å². The monoisotopic (exact) mass is 350 g/mol. The lowest BCUT2D eigenvalue weighted by atomic mass is 9.95. The van der Waals surface area contributed by atoms with Gasteiger partial charge in [0.1, 0.15) is 5.82 Å². The van der Waals surface area contributed by atoms with Gasteiger partial charge in [0, 0.05) is 30.7 Å². The number of aromatic nitrogens is 2. The normalized spacial score (nSPS) is 18.7. The third kappa shape index (κ3) is 2.98. The van der Waals surface area contributed by atoms with Gasteiger partial charge in [0.05, 0.1) is 11.7 Å². The average Bonchev–Trinajstić information content (AvgIpc) is 3.09. The SMILES string of the molecule is Cl.Cn1nc2c(c1NC(=O)[C@H]1Cc3ccccc3CN1)CSC2. The van der Waals surface area contributed by atoms with Gasteiger partial charge in [0.2, 0.25) is 5.91 Å². The highest BCUT2D eigenvalue weighted by Gasteiger charge is 2.27. The smallest absolute Gasteiger partial charge is 0.243 e. The van der Waals surface area contributed by atoms with Crippen molar-refractivity contribution >= 4 is 35.9 Å². The van der Waals surface area contributed by atoms with Crippen molar-refractivity contribution < 1.29 is 4.79 Å². The predicted octanol–water partition coefficient (Wildman–Crippen LogP) is 2.24. The number of halogens is 1. The summed E-state index contributed by atoms with van der Waals surface area (Å²) in [6.07, 6.45) is 0.733. The molecule has 1 amide bonds. The van der Waals surface area contributed by atoms with Crippen molar-refractivity contribution in [2.24, 2.45) is 7.05 Å². The van der Waals surface area contributed by atoms with Crippen LogP contribution in [0.1, 0.15) is 22.4 Å². The maximum atomic E-state index is 12.6. The minimum absolute atomic E-state index is 0. The molecular formula is C16H19ClN4OS. The second-order valence-corrected chi connectivity index (χ2v) is 6.77. The van der Waals surface area contributed by atoms with Crippen LogP contribution in [-0.2, 0) is 36.3 Å². The van der Waals surface area contributed by atoms with Gasteiger partial charge in [-0.25, -0.2) is 0 Å². The third-order valence-electron chi connectivity index (χ3n) is 4.35. The summed E-state index contributed by atoms with van der Waals surface area (Å²) in [5.41, 5.74) is 4.82. The number of anilines is 1. The van der Waals surface area contributed by atoms with Crippen molar-refractivity contribution in [3.05, 3.63) is 46.6 Å². The lowest BCUT2D eigenvalue weighted by Gasteiger charge is -2.25. The molecule has 0 bridgehead atoms. The average molecular weight is 351 g/mol. The molecule has 1 atom stereocenters. The molecule has 0 unspecified atom stereocenters. The molecule has 2 N–H and O–H groups in total. The summed E-state index contributed by atoms with van der Waals surface area (Å²) in [6.45, 7) is 0.744. The van der Waals surface area contributed by atoms with Gasteiger partial charge in [-0.15, -0.1) is 12.4 Å². The van der Waals surface area contributed by atoms with E-state index < -0.39 is 0 Å². The maximum absolute atomic E-state index is 12.6. The first-order valence-corrected chi connectivity index (χ1v) is 8.61. The highest BCUT2D eigenvalue weighted by atomic mass is 35.5. The molecule has 5 nitrogen and oxygen atoms in total. The van der Waals surface area contributed by atoms with Crippen molar-refractivity contribution in [1.82, 2.24) is 15.1 Å². The van der Waals surface area contributed by atoms with Crippen LogP contribution in [0.4, 0.5) is 5.82 Å². The molecular weight excluding hydrogens is 332 g/mol. The molecule has 1 aromatic carbocycles. The van der Waals surface area contributed by atoms with E-state index in [1.165, 1.54) is 16.7 Å². The van der Waals surface area contributed by atoms with E-state index in [-0.39, 0.29) is 24.4 Å². The molecule has 0 fully saturated rings. The molecule has 1 aromatic heterocycles. The number of benzene rings is 1. The Morgan fingerprint density at radius 2 is 2.13 bits per heavy atom. The number of hydrogen-bond acceptors (Lipinski definition) is 4. The van der Waals surface area contributed by atoms with Gasteiger partial charge in [0.15, 0.2) is 0 Å². The van der Waals surface area contributed by atoms with Crippen LogP contribution in [0.5, 0.6) is 0 Å². The Morgan fingerprint density at radius 1 is 1.35 bits per heavy atom. The topological polar surface area (TPSA) is 59.0 Å². The Morgan fingerprint density at radius 3 is 2.96 bits per heavy atom. The maximum Gasteiger partial charge on any atom is 0.243 e. The van der Waals surface area contributed by atoms with Crippen molar-refractivity contribution in [3.63, 3.8) is 0 Å². The lowest BCUT2D eigenvalue weighted by molar-refractivity contribution is -0.118. The third-order valence-corrected chi connectivity index (χ3v) is 5.32. The van der Waals surface area contributed by atoms with Crippen molar-refractivity contribution in [1.29, 1.82) is 0 Å². The van der Waals surface area contributed by atoms with Gasteiger partial charge in [0.25, 0.3) is 0 Å². The number of hydrogen-bond donors (Lipinski definition) is 2. The first-order valence-electron chi connectivity index (χ1n) is 7.46. The summed E-state index contributed by atoms with van der Waals surface area (Å²) in [5.74, 6) is 2.75. The second kappa shape index (κ2) is 6.55. The zero-order chi connectivity index (χ0) is 15.1. The molecule has 0 radical (unpaired) electrons. The van der Waals surface area contributed by atoms with E-state index in [0.29, 0.717) is 0 Å². The Balaban J connectivity index is 0.00000156. The molecule has 4 rings (SSSR count). The zero-order valence-electron chi connectivity index (χ0n) is 12.8. The largest absolute Gasteiger partial charge is 0.309 e. The van der Waals surface area contributed by atoms with Crippen LogP contribution in [0.3, 0.4) is 0 Å². The van der Waals surface area contributed by atoms with Crippen LogP contribution < -0.4 is 10.6 Å². The standard InChI is InChI=1S/C16H18N4OS.ClH/c1-20-15(12-8-22-9-14(12)19-20)18-16(21)13-6-10-4-2-3-5-11(10)7-17-13;/h2-5,13,17H,6-9H2,1H3,(H,18,21);1H/t13-;/m1./s1. The Kier molecular flexibility index (Phi) is 4.66. The number of carbonyl (C=O) groups excluding carboxylic acids is 1. The lowest BCUT2D eigenvalue weighted by Crippen LogP contribution is -2.45.